The maximum absolute atomic E-state index is 8.24. The largest absolute Gasteiger partial charge is 0.394 e. The Morgan fingerprint density at radius 3 is 2.83 bits per heavy atom. The molecular formula is C9H10N2O. The van der Waals surface area contributed by atoms with Gasteiger partial charge in [-0.05, 0) is 18.1 Å². The van der Waals surface area contributed by atoms with Gasteiger partial charge < -0.3 is 5.21 Å². The zero-order valence-corrected chi connectivity index (χ0v) is 6.64. The molecule has 0 unspecified atom stereocenters. The van der Waals surface area contributed by atoms with Gasteiger partial charge in [0.15, 0.2) is 0 Å². The molecule has 0 aliphatic carbocycles. The smallest absolute Gasteiger partial charge is 0.0924 e. The highest BCUT2D eigenvalue weighted by atomic mass is 16.5. The number of rotatable bonds is 3. The lowest BCUT2D eigenvalue weighted by Crippen LogP contribution is -1.79. The normalized spacial score (nSPS) is 10.3. The molecule has 0 radical (unpaired) electrons. The molecule has 0 heterocycles. The fourth-order valence-corrected chi connectivity index (χ4v) is 0.985. The predicted molar refractivity (Wildman–Crippen MR) is 46.6 cm³/mol. The molecule has 12 heavy (non-hydrogen) atoms. The van der Waals surface area contributed by atoms with Crippen LogP contribution in [-0.2, 0) is 6.42 Å². The second-order valence-electron chi connectivity index (χ2n) is 2.31. The summed E-state index contributed by atoms with van der Waals surface area (Å²) in [7, 11) is 0. The van der Waals surface area contributed by atoms with Gasteiger partial charge in [0.25, 0.3) is 0 Å². The standard InChI is InChI=1S/C9H10N2O/c1-2-5-8-6-3-4-7-9(8)10-11-12/h2-4,6-7H,1,5H2,(H,10,12). The van der Waals surface area contributed by atoms with Crippen molar-refractivity contribution in [2.24, 2.45) is 10.4 Å². The van der Waals surface area contributed by atoms with Crippen LogP contribution in [0, 0.1) is 0 Å². The topological polar surface area (TPSA) is 45.0 Å². The van der Waals surface area contributed by atoms with E-state index in [2.05, 4.69) is 17.0 Å². The lowest BCUT2D eigenvalue weighted by Gasteiger charge is -1.98. The van der Waals surface area contributed by atoms with Gasteiger partial charge >= 0.3 is 0 Å². The summed E-state index contributed by atoms with van der Waals surface area (Å²) >= 11 is 0. The third-order valence-corrected chi connectivity index (χ3v) is 1.51. The molecule has 3 nitrogen and oxygen atoms in total. The van der Waals surface area contributed by atoms with Crippen molar-refractivity contribution in [1.29, 1.82) is 0 Å². The summed E-state index contributed by atoms with van der Waals surface area (Å²) in [4.78, 5) is 0. The molecule has 0 saturated carbocycles. The predicted octanol–water partition coefficient (Wildman–Crippen LogP) is 2.89. The molecule has 0 aliphatic rings. The monoisotopic (exact) mass is 162 g/mol. The first-order valence-electron chi connectivity index (χ1n) is 3.62. The van der Waals surface area contributed by atoms with Gasteiger partial charge in [0.2, 0.25) is 0 Å². The Labute approximate surface area is 71.0 Å². The van der Waals surface area contributed by atoms with Crippen LogP contribution in [0.25, 0.3) is 0 Å². The molecule has 0 aromatic heterocycles. The average molecular weight is 162 g/mol. The van der Waals surface area contributed by atoms with Gasteiger partial charge in [0.1, 0.15) is 0 Å². The fraction of sp³-hybridized carbons (Fsp3) is 0.111. The van der Waals surface area contributed by atoms with Crippen molar-refractivity contribution < 1.29 is 5.21 Å². The van der Waals surface area contributed by atoms with Gasteiger partial charge in [-0.3, -0.25) is 0 Å². The van der Waals surface area contributed by atoms with Crippen molar-refractivity contribution in [3.05, 3.63) is 42.5 Å². The molecule has 1 rings (SSSR count). The summed E-state index contributed by atoms with van der Waals surface area (Å²) in [6.07, 6.45) is 2.51. The van der Waals surface area contributed by atoms with Crippen LogP contribution in [0.15, 0.2) is 47.3 Å². The van der Waals surface area contributed by atoms with E-state index in [9.17, 15) is 0 Å². The summed E-state index contributed by atoms with van der Waals surface area (Å²) in [5.41, 5.74) is 1.69. The first kappa shape index (κ1) is 8.46. The van der Waals surface area contributed by atoms with E-state index in [1.165, 1.54) is 0 Å². The van der Waals surface area contributed by atoms with E-state index in [4.69, 9.17) is 5.21 Å². The van der Waals surface area contributed by atoms with Crippen LogP contribution in [0.3, 0.4) is 0 Å². The summed E-state index contributed by atoms with van der Waals surface area (Å²) in [6, 6.07) is 7.47. The lowest BCUT2D eigenvalue weighted by atomic mass is 10.1. The minimum atomic E-state index is 0.680. The minimum absolute atomic E-state index is 0.680. The van der Waals surface area contributed by atoms with E-state index in [-0.39, 0.29) is 0 Å². The van der Waals surface area contributed by atoms with Crippen LogP contribution >= 0.6 is 0 Å². The summed E-state index contributed by atoms with van der Waals surface area (Å²) in [5.74, 6) is 0. The molecule has 0 aliphatic heterocycles. The Bertz CT molecular complexity index is 294. The highest BCUT2D eigenvalue weighted by molar-refractivity contribution is 5.45. The van der Waals surface area contributed by atoms with Gasteiger partial charge in [0.05, 0.1) is 5.69 Å². The number of allylic oxidation sites excluding steroid dienone is 1. The third kappa shape index (κ3) is 1.92. The molecule has 1 N–H and O–H groups in total. The third-order valence-electron chi connectivity index (χ3n) is 1.51. The molecule has 3 heteroatoms. The molecule has 1 aromatic rings. The Balaban J connectivity index is 2.99. The highest BCUT2D eigenvalue weighted by Gasteiger charge is 1.96. The van der Waals surface area contributed by atoms with Crippen LogP contribution in [0.5, 0.6) is 0 Å². The second kappa shape index (κ2) is 4.28. The number of benzene rings is 1. The molecule has 0 saturated heterocycles. The van der Waals surface area contributed by atoms with Crippen LogP contribution in [0.1, 0.15) is 5.56 Å². The molecule has 62 valence electrons. The van der Waals surface area contributed by atoms with Crippen molar-refractivity contribution in [2.75, 3.05) is 0 Å². The van der Waals surface area contributed by atoms with Crippen molar-refractivity contribution in [3.63, 3.8) is 0 Å². The van der Waals surface area contributed by atoms with E-state index in [1.54, 1.807) is 12.1 Å². The lowest BCUT2D eigenvalue weighted by molar-refractivity contribution is 0.289. The van der Waals surface area contributed by atoms with Crippen molar-refractivity contribution in [3.8, 4) is 0 Å². The van der Waals surface area contributed by atoms with E-state index in [1.807, 2.05) is 18.2 Å². The Morgan fingerprint density at radius 2 is 2.17 bits per heavy atom. The molecular weight excluding hydrogens is 152 g/mol. The van der Waals surface area contributed by atoms with Crippen LogP contribution in [0.2, 0.25) is 0 Å². The fourth-order valence-electron chi connectivity index (χ4n) is 0.985. The first-order valence-corrected chi connectivity index (χ1v) is 3.62. The molecule has 0 fully saturated rings. The van der Waals surface area contributed by atoms with Crippen LogP contribution in [-0.4, -0.2) is 5.21 Å². The Kier molecular flexibility index (Phi) is 3.02. The second-order valence-corrected chi connectivity index (χ2v) is 2.31. The maximum atomic E-state index is 8.24. The Morgan fingerprint density at radius 1 is 1.42 bits per heavy atom. The van der Waals surface area contributed by atoms with Crippen LogP contribution < -0.4 is 0 Å². The van der Waals surface area contributed by atoms with Gasteiger partial charge in [-0.2, -0.15) is 0 Å². The van der Waals surface area contributed by atoms with Crippen LogP contribution in [0.4, 0.5) is 5.69 Å². The van der Waals surface area contributed by atoms with E-state index < -0.39 is 0 Å². The number of nitrogens with zero attached hydrogens (tertiary/aromatic N) is 2. The van der Waals surface area contributed by atoms with Gasteiger partial charge in [-0.15, -0.1) is 11.7 Å². The molecule has 0 amide bonds. The number of hydrogen-bond acceptors (Lipinski definition) is 2. The maximum Gasteiger partial charge on any atom is 0.0924 e. The minimum Gasteiger partial charge on any atom is -0.394 e. The SMILES string of the molecule is C=CCc1ccccc1N=NO. The molecule has 1 aromatic carbocycles. The first-order chi connectivity index (χ1) is 5.88. The summed E-state index contributed by atoms with van der Waals surface area (Å²) in [5, 5.41) is 14.5. The van der Waals surface area contributed by atoms with Gasteiger partial charge in [-0.25, -0.2) is 0 Å². The number of hydrogen-bond donors (Lipinski definition) is 1. The van der Waals surface area contributed by atoms with Crippen molar-refractivity contribution >= 4 is 5.69 Å². The zero-order chi connectivity index (χ0) is 8.81. The quantitative estimate of drug-likeness (QED) is 0.414. The zero-order valence-electron chi connectivity index (χ0n) is 6.64. The summed E-state index contributed by atoms with van der Waals surface area (Å²) < 4.78 is 0. The van der Waals surface area contributed by atoms with Gasteiger partial charge in [0, 0.05) is 5.28 Å². The molecule has 0 spiro atoms. The summed E-state index contributed by atoms with van der Waals surface area (Å²) in [6.45, 7) is 3.62. The van der Waals surface area contributed by atoms with E-state index >= 15 is 0 Å². The molecule has 0 bridgehead atoms. The van der Waals surface area contributed by atoms with Crippen molar-refractivity contribution in [1.82, 2.24) is 0 Å². The van der Waals surface area contributed by atoms with Gasteiger partial charge in [-0.1, -0.05) is 24.3 Å². The van der Waals surface area contributed by atoms with Crippen molar-refractivity contribution in [2.45, 2.75) is 6.42 Å². The highest BCUT2D eigenvalue weighted by Crippen LogP contribution is 2.19. The molecule has 0 atom stereocenters. The average Bonchev–Trinajstić information content (AvgIpc) is 2.09. The van der Waals surface area contributed by atoms with E-state index in [0.29, 0.717) is 5.69 Å². The Hall–Kier alpha value is -1.64. The van der Waals surface area contributed by atoms with E-state index in [0.717, 1.165) is 12.0 Å².